The normalized spacial score (nSPS) is 11.7. The summed E-state index contributed by atoms with van der Waals surface area (Å²) in [5, 5.41) is 11.5. The molecule has 1 N–H and O–H groups in total. The Kier molecular flexibility index (Phi) is 5.13. The molecule has 0 atom stereocenters. The van der Waals surface area contributed by atoms with E-state index in [0.29, 0.717) is 6.54 Å². The van der Waals surface area contributed by atoms with E-state index in [-0.39, 0.29) is 6.61 Å². The number of rotatable bonds is 5. The standard InChI is InChI=1S/C19H20N2O2S/c1-14-4-3-5-15(12-14)18-13-24-19(21(18)10-11-22)20-16-6-8-17(23-2)9-7-16/h3-9,12-13,22H,10-11H2,1-2H3. The molecule has 2 aromatic carbocycles. The largest absolute Gasteiger partial charge is 0.497 e. The van der Waals surface area contributed by atoms with Gasteiger partial charge in [0.15, 0.2) is 4.80 Å². The van der Waals surface area contributed by atoms with Crippen molar-refractivity contribution < 1.29 is 9.84 Å². The third-order valence-electron chi connectivity index (χ3n) is 3.73. The number of ether oxygens (including phenoxy) is 1. The predicted octanol–water partition coefficient (Wildman–Crippen LogP) is 3.76. The van der Waals surface area contributed by atoms with Gasteiger partial charge in [0.1, 0.15) is 5.75 Å². The first kappa shape index (κ1) is 16.5. The Labute approximate surface area is 145 Å². The van der Waals surface area contributed by atoms with Crippen LogP contribution in [0.1, 0.15) is 5.56 Å². The van der Waals surface area contributed by atoms with E-state index < -0.39 is 0 Å². The molecule has 0 spiro atoms. The molecule has 0 saturated heterocycles. The van der Waals surface area contributed by atoms with E-state index in [2.05, 4.69) is 35.1 Å². The average molecular weight is 340 g/mol. The van der Waals surface area contributed by atoms with Crippen molar-refractivity contribution in [3.63, 3.8) is 0 Å². The van der Waals surface area contributed by atoms with Gasteiger partial charge in [-0.25, -0.2) is 4.99 Å². The fraction of sp³-hybridized carbons (Fsp3) is 0.211. The topological polar surface area (TPSA) is 46.8 Å². The van der Waals surface area contributed by atoms with Gasteiger partial charge in [-0.3, -0.25) is 0 Å². The Hall–Kier alpha value is -2.37. The fourth-order valence-corrected chi connectivity index (χ4v) is 3.49. The van der Waals surface area contributed by atoms with E-state index in [0.717, 1.165) is 27.5 Å². The number of hydrogen-bond donors (Lipinski definition) is 1. The van der Waals surface area contributed by atoms with E-state index in [9.17, 15) is 5.11 Å². The van der Waals surface area contributed by atoms with Crippen molar-refractivity contribution in [1.29, 1.82) is 0 Å². The monoisotopic (exact) mass is 340 g/mol. The summed E-state index contributed by atoms with van der Waals surface area (Å²) in [4.78, 5) is 5.58. The zero-order valence-electron chi connectivity index (χ0n) is 13.8. The van der Waals surface area contributed by atoms with Crippen LogP contribution in [0.3, 0.4) is 0 Å². The molecule has 0 aliphatic heterocycles. The summed E-state index contributed by atoms with van der Waals surface area (Å²) < 4.78 is 7.24. The Morgan fingerprint density at radius 1 is 1.17 bits per heavy atom. The minimum atomic E-state index is 0.0748. The minimum Gasteiger partial charge on any atom is -0.497 e. The fourth-order valence-electron chi connectivity index (χ4n) is 2.54. The number of aliphatic hydroxyl groups excluding tert-OH is 1. The second-order valence-electron chi connectivity index (χ2n) is 5.46. The van der Waals surface area contributed by atoms with Crippen LogP contribution in [0, 0.1) is 6.92 Å². The lowest BCUT2D eigenvalue weighted by atomic mass is 10.1. The SMILES string of the molecule is COc1ccc(N=c2scc(-c3cccc(C)c3)n2CCO)cc1. The molecule has 1 heterocycles. The van der Waals surface area contributed by atoms with Gasteiger partial charge in [-0.1, -0.05) is 23.8 Å². The Morgan fingerprint density at radius 2 is 1.96 bits per heavy atom. The summed E-state index contributed by atoms with van der Waals surface area (Å²) in [6.45, 7) is 2.67. The molecule has 0 aliphatic carbocycles. The maximum atomic E-state index is 9.45. The minimum absolute atomic E-state index is 0.0748. The van der Waals surface area contributed by atoms with Gasteiger partial charge in [0.05, 0.1) is 25.1 Å². The molecule has 124 valence electrons. The third kappa shape index (κ3) is 3.58. The van der Waals surface area contributed by atoms with Gasteiger partial charge in [-0.2, -0.15) is 0 Å². The van der Waals surface area contributed by atoms with Crippen LogP contribution in [0.4, 0.5) is 5.69 Å². The van der Waals surface area contributed by atoms with Crippen LogP contribution in [0.25, 0.3) is 11.3 Å². The second-order valence-corrected chi connectivity index (χ2v) is 6.29. The van der Waals surface area contributed by atoms with Crippen molar-refractivity contribution in [3.8, 4) is 17.0 Å². The van der Waals surface area contributed by atoms with E-state index in [1.807, 2.05) is 30.3 Å². The van der Waals surface area contributed by atoms with Crippen molar-refractivity contribution in [1.82, 2.24) is 4.57 Å². The van der Waals surface area contributed by atoms with Crippen molar-refractivity contribution in [2.24, 2.45) is 4.99 Å². The first-order valence-electron chi connectivity index (χ1n) is 7.76. The Bertz CT molecular complexity index is 879. The summed E-state index contributed by atoms with van der Waals surface area (Å²) in [5.74, 6) is 0.809. The van der Waals surface area contributed by atoms with Crippen LogP contribution in [0.5, 0.6) is 5.75 Å². The predicted molar refractivity (Wildman–Crippen MR) is 97.8 cm³/mol. The molecule has 0 radical (unpaired) electrons. The molecule has 3 aromatic rings. The molecule has 3 rings (SSSR count). The first-order chi connectivity index (χ1) is 11.7. The van der Waals surface area contributed by atoms with Crippen LogP contribution < -0.4 is 9.54 Å². The van der Waals surface area contributed by atoms with Crippen molar-refractivity contribution in [2.45, 2.75) is 13.5 Å². The molecule has 0 amide bonds. The van der Waals surface area contributed by atoms with Gasteiger partial charge in [0, 0.05) is 11.9 Å². The zero-order chi connectivity index (χ0) is 16.9. The van der Waals surface area contributed by atoms with Gasteiger partial charge in [0.2, 0.25) is 0 Å². The molecule has 4 nitrogen and oxygen atoms in total. The van der Waals surface area contributed by atoms with E-state index in [1.54, 1.807) is 18.4 Å². The number of benzene rings is 2. The second kappa shape index (κ2) is 7.47. The maximum Gasteiger partial charge on any atom is 0.190 e. The van der Waals surface area contributed by atoms with Crippen LogP contribution in [0.15, 0.2) is 58.9 Å². The lowest BCUT2D eigenvalue weighted by molar-refractivity contribution is 0.275. The van der Waals surface area contributed by atoms with Crippen molar-refractivity contribution in [2.75, 3.05) is 13.7 Å². The highest BCUT2D eigenvalue weighted by molar-refractivity contribution is 7.07. The smallest absolute Gasteiger partial charge is 0.190 e. The van der Waals surface area contributed by atoms with Gasteiger partial charge in [-0.05, 0) is 42.8 Å². The van der Waals surface area contributed by atoms with E-state index >= 15 is 0 Å². The molecular formula is C19H20N2O2S. The van der Waals surface area contributed by atoms with Crippen LogP contribution >= 0.6 is 11.3 Å². The summed E-state index contributed by atoms with van der Waals surface area (Å²) >= 11 is 1.58. The zero-order valence-corrected chi connectivity index (χ0v) is 14.6. The van der Waals surface area contributed by atoms with Crippen LogP contribution in [0.2, 0.25) is 0 Å². The van der Waals surface area contributed by atoms with Crippen LogP contribution in [-0.4, -0.2) is 23.4 Å². The lowest BCUT2D eigenvalue weighted by Crippen LogP contribution is -2.17. The first-order valence-corrected chi connectivity index (χ1v) is 8.64. The highest BCUT2D eigenvalue weighted by Crippen LogP contribution is 2.22. The molecule has 24 heavy (non-hydrogen) atoms. The molecule has 0 aliphatic rings. The quantitative estimate of drug-likeness (QED) is 0.769. The number of aryl methyl sites for hydroxylation is 1. The number of aliphatic hydroxyl groups is 1. The maximum absolute atomic E-state index is 9.45. The van der Waals surface area contributed by atoms with Gasteiger partial charge in [-0.15, -0.1) is 11.3 Å². The summed E-state index contributed by atoms with van der Waals surface area (Å²) in [5.41, 5.74) is 4.28. The third-order valence-corrected chi connectivity index (χ3v) is 4.60. The lowest BCUT2D eigenvalue weighted by Gasteiger charge is -2.08. The van der Waals surface area contributed by atoms with Crippen LogP contribution in [-0.2, 0) is 6.54 Å². The highest BCUT2D eigenvalue weighted by atomic mass is 32.1. The van der Waals surface area contributed by atoms with Crippen molar-refractivity contribution >= 4 is 17.0 Å². The molecule has 0 fully saturated rings. The summed E-state index contributed by atoms with van der Waals surface area (Å²) in [6.07, 6.45) is 0. The molecular weight excluding hydrogens is 320 g/mol. The van der Waals surface area contributed by atoms with Crippen molar-refractivity contribution in [3.05, 3.63) is 64.3 Å². The van der Waals surface area contributed by atoms with Gasteiger partial charge < -0.3 is 14.4 Å². The molecule has 0 bridgehead atoms. The van der Waals surface area contributed by atoms with Gasteiger partial charge >= 0.3 is 0 Å². The molecule has 1 aromatic heterocycles. The molecule has 5 heteroatoms. The summed E-state index contributed by atoms with van der Waals surface area (Å²) in [6, 6.07) is 16.0. The number of aromatic nitrogens is 1. The van der Waals surface area contributed by atoms with E-state index in [4.69, 9.17) is 9.73 Å². The van der Waals surface area contributed by atoms with Gasteiger partial charge in [0.25, 0.3) is 0 Å². The number of thiazole rings is 1. The van der Waals surface area contributed by atoms with E-state index in [1.165, 1.54) is 5.56 Å². The highest BCUT2D eigenvalue weighted by Gasteiger charge is 2.08. The molecule has 0 unspecified atom stereocenters. The summed E-state index contributed by atoms with van der Waals surface area (Å²) in [7, 11) is 1.65. The molecule has 0 saturated carbocycles. The number of hydrogen-bond acceptors (Lipinski definition) is 4. The average Bonchev–Trinajstić information content (AvgIpc) is 2.99. The Balaban J connectivity index is 2.06. The number of methoxy groups -OCH3 is 1. The Morgan fingerprint density at radius 3 is 2.62 bits per heavy atom. The number of nitrogens with zero attached hydrogens (tertiary/aromatic N) is 2.